The summed E-state index contributed by atoms with van der Waals surface area (Å²) in [4.78, 5) is 35.0. The molecule has 0 bridgehead atoms. The number of nitrogens with one attached hydrogen (secondary N) is 1. The lowest BCUT2D eigenvalue weighted by Gasteiger charge is -2.30. The maximum Gasteiger partial charge on any atom is 0.240 e. The van der Waals surface area contributed by atoms with Gasteiger partial charge in [0.1, 0.15) is 0 Å². The van der Waals surface area contributed by atoms with Crippen molar-refractivity contribution < 1.29 is 9.59 Å². The highest BCUT2D eigenvalue weighted by Crippen LogP contribution is 2.36. The van der Waals surface area contributed by atoms with Crippen LogP contribution in [0.15, 0.2) is 18.2 Å². The summed E-state index contributed by atoms with van der Waals surface area (Å²) in [7, 11) is 2.05. The zero-order valence-electron chi connectivity index (χ0n) is 19.6. The molecule has 0 spiro atoms. The number of aryl methyl sites for hydroxylation is 1. The van der Waals surface area contributed by atoms with Crippen molar-refractivity contribution in [2.45, 2.75) is 65.3 Å². The molecule has 4 rings (SSSR count). The topological polar surface area (TPSA) is 65.5 Å². The van der Waals surface area contributed by atoms with E-state index >= 15 is 0 Å². The number of anilines is 2. The van der Waals surface area contributed by atoms with Crippen molar-refractivity contribution in [2.24, 2.45) is 5.92 Å². The van der Waals surface area contributed by atoms with E-state index < -0.39 is 0 Å². The van der Waals surface area contributed by atoms with Crippen molar-refractivity contribution in [3.8, 4) is 11.3 Å². The van der Waals surface area contributed by atoms with Gasteiger partial charge in [-0.15, -0.1) is 11.3 Å². The Labute approximate surface area is 195 Å². The molecule has 1 saturated carbocycles. The second kappa shape index (κ2) is 9.71. The first-order chi connectivity index (χ1) is 15.3. The molecule has 1 aromatic heterocycles. The van der Waals surface area contributed by atoms with Crippen molar-refractivity contribution in [1.82, 2.24) is 9.88 Å². The SMILES string of the molecule is Cc1sc(NC(=O)CN(C)C2CCCCC2)nc1-c1ccc2c(c1)CCN2C(=O)C(C)C. The number of rotatable bonds is 6. The van der Waals surface area contributed by atoms with Crippen molar-refractivity contribution in [3.63, 3.8) is 0 Å². The maximum atomic E-state index is 12.6. The first-order valence-electron chi connectivity index (χ1n) is 11.8. The molecule has 1 N–H and O–H groups in total. The van der Waals surface area contributed by atoms with Crippen molar-refractivity contribution in [1.29, 1.82) is 0 Å². The monoisotopic (exact) mass is 454 g/mol. The number of nitrogens with zero attached hydrogens (tertiary/aromatic N) is 3. The van der Waals surface area contributed by atoms with Crippen LogP contribution in [-0.4, -0.2) is 47.9 Å². The van der Waals surface area contributed by atoms with Gasteiger partial charge in [-0.3, -0.25) is 14.5 Å². The van der Waals surface area contributed by atoms with Crippen LogP contribution in [0.25, 0.3) is 11.3 Å². The minimum Gasteiger partial charge on any atom is -0.312 e. The Morgan fingerprint density at radius 2 is 2.00 bits per heavy atom. The molecule has 172 valence electrons. The second-order valence-corrected chi connectivity index (χ2v) is 10.6. The molecule has 0 atom stereocenters. The summed E-state index contributed by atoms with van der Waals surface area (Å²) in [5.41, 5.74) is 4.14. The predicted molar refractivity (Wildman–Crippen MR) is 131 cm³/mol. The van der Waals surface area contributed by atoms with Gasteiger partial charge < -0.3 is 10.2 Å². The summed E-state index contributed by atoms with van der Waals surface area (Å²) in [6, 6.07) is 6.73. The number of carbonyl (C=O) groups is 2. The number of carbonyl (C=O) groups excluding carboxylic acids is 2. The largest absolute Gasteiger partial charge is 0.312 e. The van der Waals surface area contributed by atoms with Crippen molar-refractivity contribution in [2.75, 3.05) is 30.4 Å². The lowest BCUT2D eigenvalue weighted by atomic mass is 9.94. The number of hydrogen-bond donors (Lipinski definition) is 1. The molecule has 0 saturated heterocycles. The molecule has 1 aliphatic heterocycles. The predicted octanol–water partition coefficient (Wildman–Crippen LogP) is 4.87. The number of amides is 2. The lowest BCUT2D eigenvalue weighted by Crippen LogP contribution is -2.39. The summed E-state index contributed by atoms with van der Waals surface area (Å²) >= 11 is 1.52. The van der Waals surface area contributed by atoms with Crippen LogP contribution in [0, 0.1) is 12.8 Å². The molecule has 1 fully saturated rings. The van der Waals surface area contributed by atoms with Crippen LogP contribution in [-0.2, 0) is 16.0 Å². The Bertz CT molecular complexity index is 994. The molecule has 1 aromatic carbocycles. The molecule has 1 aliphatic carbocycles. The molecule has 6 nitrogen and oxygen atoms in total. The van der Waals surface area contributed by atoms with Crippen LogP contribution in [0.5, 0.6) is 0 Å². The fourth-order valence-electron chi connectivity index (χ4n) is 4.84. The Morgan fingerprint density at radius 1 is 1.25 bits per heavy atom. The third-order valence-electron chi connectivity index (χ3n) is 6.64. The third-order valence-corrected chi connectivity index (χ3v) is 7.53. The van der Waals surface area contributed by atoms with Gasteiger partial charge in [0.05, 0.1) is 12.2 Å². The first kappa shape index (κ1) is 22.9. The van der Waals surface area contributed by atoms with E-state index in [0.29, 0.717) is 17.7 Å². The van der Waals surface area contributed by atoms with Crippen LogP contribution in [0.3, 0.4) is 0 Å². The highest BCUT2D eigenvalue weighted by molar-refractivity contribution is 7.16. The van der Waals surface area contributed by atoms with E-state index in [4.69, 9.17) is 4.98 Å². The number of benzene rings is 1. The summed E-state index contributed by atoms with van der Waals surface area (Å²) < 4.78 is 0. The van der Waals surface area contributed by atoms with Gasteiger partial charge in [-0.2, -0.15) is 0 Å². The molecule has 2 heterocycles. The molecular weight excluding hydrogens is 420 g/mol. The van der Waals surface area contributed by atoms with E-state index in [1.54, 1.807) is 0 Å². The fourth-order valence-corrected chi connectivity index (χ4v) is 5.70. The highest BCUT2D eigenvalue weighted by atomic mass is 32.1. The summed E-state index contributed by atoms with van der Waals surface area (Å²) in [5, 5.41) is 3.65. The van der Waals surface area contributed by atoms with E-state index in [2.05, 4.69) is 16.3 Å². The van der Waals surface area contributed by atoms with Crippen LogP contribution >= 0.6 is 11.3 Å². The first-order valence-corrected chi connectivity index (χ1v) is 12.6. The van der Waals surface area contributed by atoms with Gasteiger partial charge in [-0.25, -0.2) is 4.98 Å². The molecule has 7 heteroatoms. The van der Waals surface area contributed by atoms with Gasteiger partial charge in [0, 0.05) is 34.6 Å². The number of thiazole rings is 1. The lowest BCUT2D eigenvalue weighted by molar-refractivity contribution is -0.121. The van der Waals surface area contributed by atoms with Crippen LogP contribution in [0.2, 0.25) is 0 Å². The Hall–Kier alpha value is -2.25. The normalized spacial score (nSPS) is 16.6. The molecule has 2 aromatic rings. The molecule has 0 radical (unpaired) electrons. The van der Waals surface area contributed by atoms with Gasteiger partial charge in [0.15, 0.2) is 5.13 Å². The Balaban J connectivity index is 1.43. The van der Waals surface area contributed by atoms with E-state index in [0.717, 1.165) is 34.8 Å². The Kier molecular flexibility index (Phi) is 6.96. The fraction of sp³-hybridized carbons (Fsp3) is 0.560. The van der Waals surface area contributed by atoms with Crippen molar-refractivity contribution in [3.05, 3.63) is 28.6 Å². The molecule has 2 aliphatic rings. The third kappa shape index (κ3) is 4.89. The van der Waals surface area contributed by atoms with Crippen LogP contribution < -0.4 is 10.2 Å². The highest BCUT2D eigenvalue weighted by Gasteiger charge is 2.27. The average Bonchev–Trinajstić information content (AvgIpc) is 3.36. The van der Waals surface area contributed by atoms with Crippen molar-refractivity contribution >= 4 is 34.0 Å². The van der Waals surface area contributed by atoms with E-state index in [1.165, 1.54) is 49.0 Å². The van der Waals surface area contributed by atoms with Gasteiger partial charge >= 0.3 is 0 Å². The molecule has 2 amide bonds. The Morgan fingerprint density at radius 3 is 2.72 bits per heavy atom. The van der Waals surface area contributed by atoms with Gasteiger partial charge in [-0.05, 0) is 50.9 Å². The molecular formula is C25H34N4O2S. The van der Waals surface area contributed by atoms with E-state index in [9.17, 15) is 9.59 Å². The number of likely N-dealkylation sites (N-methyl/N-ethyl adjacent to an activating group) is 1. The van der Waals surface area contributed by atoms with Gasteiger partial charge in [-0.1, -0.05) is 39.2 Å². The number of aromatic nitrogens is 1. The van der Waals surface area contributed by atoms with Crippen LogP contribution in [0.1, 0.15) is 56.4 Å². The maximum absolute atomic E-state index is 12.6. The summed E-state index contributed by atoms with van der Waals surface area (Å²) in [5.74, 6) is 0.157. The smallest absolute Gasteiger partial charge is 0.240 e. The summed E-state index contributed by atoms with van der Waals surface area (Å²) in [6.45, 7) is 7.06. The molecule has 0 unspecified atom stereocenters. The minimum atomic E-state index is -0.00950. The molecule has 32 heavy (non-hydrogen) atoms. The quantitative estimate of drug-likeness (QED) is 0.676. The number of fused-ring (bicyclic) bond motifs is 1. The van der Waals surface area contributed by atoms with E-state index in [1.807, 2.05) is 44.9 Å². The van der Waals surface area contributed by atoms with Gasteiger partial charge in [0.2, 0.25) is 11.8 Å². The standard InChI is InChI=1S/C25H34N4O2S/c1-16(2)24(31)29-13-12-18-14-19(10-11-21(18)29)23-17(3)32-25(27-23)26-22(30)15-28(4)20-8-6-5-7-9-20/h10-11,14,16,20H,5-9,12-13,15H2,1-4H3,(H,26,27,30). The zero-order valence-corrected chi connectivity index (χ0v) is 20.4. The average molecular weight is 455 g/mol. The summed E-state index contributed by atoms with van der Waals surface area (Å²) in [6.07, 6.45) is 7.06. The second-order valence-electron chi connectivity index (χ2n) is 9.42. The zero-order chi connectivity index (χ0) is 22.8. The van der Waals surface area contributed by atoms with E-state index in [-0.39, 0.29) is 17.7 Å². The number of hydrogen-bond acceptors (Lipinski definition) is 5. The van der Waals surface area contributed by atoms with Gasteiger partial charge in [0.25, 0.3) is 0 Å². The minimum absolute atomic E-state index is 0.00448. The van der Waals surface area contributed by atoms with Crippen LogP contribution in [0.4, 0.5) is 10.8 Å².